The molecule has 2 saturated carbocycles. The van der Waals surface area contributed by atoms with Crippen LogP contribution in [0.2, 0.25) is 0 Å². The molecule has 4 unspecified atom stereocenters. The highest BCUT2D eigenvalue weighted by Gasteiger charge is 2.59. The lowest BCUT2D eigenvalue weighted by atomic mass is 9.88. The van der Waals surface area contributed by atoms with Crippen molar-refractivity contribution in [1.82, 2.24) is 31.1 Å². The van der Waals surface area contributed by atoms with Gasteiger partial charge >= 0.3 is 6.09 Å². The van der Waals surface area contributed by atoms with Crippen molar-refractivity contribution in [3.05, 3.63) is 35.9 Å². The molecule has 4 N–H and O–H groups in total. The van der Waals surface area contributed by atoms with Crippen LogP contribution < -0.4 is 21.3 Å². The highest BCUT2D eigenvalue weighted by atomic mass is 19.3. The molecule has 6 amide bonds. The van der Waals surface area contributed by atoms with Gasteiger partial charge in [0.25, 0.3) is 5.91 Å². The standard InChI is InChI=1S/C42H62F2N6O8/c1-7-14-27(15-8-2)34(48-41(57)58-25(3)4)40(56)50-24-29-21-42(43,44)22-30(29)35(50)37(53)46-31(20-26-16-12-13-17-26)36(52)38(54)45-23-32(51)47-33(39(55)49(5)6)28-18-10-9-11-19-28/h9-11,18-19,25-27,29-31,33-35H,7-8,12-17,20-24H2,1-6H3,(H,45,54)(H,46,53)(H,47,51)(H,48,57)/t29-,30-,31?,33?,34?,35?/m0/s1. The molecule has 0 bridgehead atoms. The fourth-order valence-corrected chi connectivity index (χ4v) is 8.89. The maximum atomic E-state index is 14.9. The van der Waals surface area contributed by atoms with Crippen LogP contribution in [0.25, 0.3) is 0 Å². The van der Waals surface area contributed by atoms with E-state index in [1.807, 2.05) is 13.8 Å². The molecule has 3 aliphatic rings. The van der Waals surface area contributed by atoms with Gasteiger partial charge in [0, 0.05) is 33.5 Å². The van der Waals surface area contributed by atoms with Crippen LogP contribution in [0, 0.1) is 23.7 Å². The second-order valence-electron chi connectivity index (χ2n) is 16.7. The number of Topliss-reactive ketones (excluding diaryl/α,β-unsaturated/α-hetero) is 1. The number of nitrogens with one attached hydrogen (secondary N) is 4. The third-order valence-electron chi connectivity index (χ3n) is 11.5. The summed E-state index contributed by atoms with van der Waals surface area (Å²) in [5.41, 5.74) is 0.516. The Balaban J connectivity index is 1.56. The Hall–Kier alpha value is -4.63. The van der Waals surface area contributed by atoms with Crippen molar-refractivity contribution in [2.24, 2.45) is 23.7 Å². The van der Waals surface area contributed by atoms with E-state index in [2.05, 4.69) is 21.3 Å². The summed E-state index contributed by atoms with van der Waals surface area (Å²) in [6.07, 6.45) is 3.52. The number of benzene rings is 1. The number of fused-ring (bicyclic) bond motifs is 1. The SMILES string of the molecule is CCCC(CCC)C(NC(=O)OC(C)C)C(=O)N1C[C@@H]2CC(F)(F)C[C@@H]2C1C(=O)NC(CC1CCCC1)C(=O)C(=O)NCC(=O)NC(C(=O)N(C)C)c1ccccc1. The van der Waals surface area contributed by atoms with Crippen LogP contribution in [-0.2, 0) is 33.5 Å². The maximum Gasteiger partial charge on any atom is 0.408 e. The predicted octanol–water partition coefficient (Wildman–Crippen LogP) is 4.27. The number of hydrogen-bond donors (Lipinski definition) is 4. The summed E-state index contributed by atoms with van der Waals surface area (Å²) >= 11 is 0. The normalized spacial score (nSPS) is 21.5. The lowest BCUT2D eigenvalue weighted by Crippen LogP contribution is -2.59. The topological polar surface area (TPSA) is 183 Å². The molecule has 3 fully saturated rings. The van der Waals surface area contributed by atoms with Gasteiger partial charge in [-0.2, -0.15) is 0 Å². The third kappa shape index (κ3) is 12.2. The number of ketones is 1. The summed E-state index contributed by atoms with van der Waals surface area (Å²) in [7, 11) is 3.08. The van der Waals surface area contributed by atoms with Gasteiger partial charge in [0.15, 0.2) is 0 Å². The van der Waals surface area contributed by atoms with Gasteiger partial charge < -0.3 is 35.8 Å². The molecule has 2 aliphatic carbocycles. The molecule has 0 radical (unpaired) electrons. The van der Waals surface area contributed by atoms with Crippen molar-refractivity contribution in [2.45, 2.75) is 135 Å². The van der Waals surface area contributed by atoms with Gasteiger partial charge in [0.2, 0.25) is 35.3 Å². The van der Waals surface area contributed by atoms with Gasteiger partial charge in [0.05, 0.1) is 18.7 Å². The van der Waals surface area contributed by atoms with Crippen LogP contribution in [0.15, 0.2) is 30.3 Å². The Morgan fingerprint density at radius 1 is 0.914 bits per heavy atom. The van der Waals surface area contributed by atoms with Gasteiger partial charge in [-0.1, -0.05) is 82.7 Å². The Labute approximate surface area is 340 Å². The second kappa shape index (κ2) is 20.9. The molecule has 1 aromatic carbocycles. The second-order valence-corrected chi connectivity index (χ2v) is 16.7. The molecule has 4 rings (SSSR count). The predicted molar refractivity (Wildman–Crippen MR) is 211 cm³/mol. The molecule has 0 spiro atoms. The zero-order valence-electron chi connectivity index (χ0n) is 34.7. The molecule has 58 heavy (non-hydrogen) atoms. The first-order chi connectivity index (χ1) is 27.5. The fourth-order valence-electron chi connectivity index (χ4n) is 8.89. The number of hydrogen-bond acceptors (Lipinski definition) is 8. The van der Waals surface area contributed by atoms with Crippen LogP contribution in [0.1, 0.15) is 110 Å². The molecule has 14 nitrogen and oxygen atoms in total. The van der Waals surface area contributed by atoms with E-state index in [-0.39, 0.29) is 24.8 Å². The lowest BCUT2D eigenvalue weighted by molar-refractivity contribution is -0.145. The van der Waals surface area contributed by atoms with Crippen molar-refractivity contribution in [3.63, 3.8) is 0 Å². The molecular weight excluding hydrogens is 754 g/mol. The highest BCUT2D eigenvalue weighted by molar-refractivity contribution is 6.38. The number of rotatable bonds is 19. The minimum Gasteiger partial charge on any atom is -0.447 e. The molecule has 0 aromatic heterocycles. The first-order valence-corrected chi connectivity index (χ1v) is 20.8. The number of likely N-dealkylation sites (N-methyl/N-ethyl adjacent to an activating group) is 1. The Morgan fingerprint density at radius 2 is 1.55 bits per heavy atom. The molecule has 322 valence electrons. The van der Waals surface area contributed by atoms with E-state index >= 15 is 0 Å². The number of ether oxygens (including phenoxy) is 1. The average Bonchev–Trinajstić information content (AvgIpc) is 3.88. The zero-order chi connectivity index (χ0) is 42.7. The summed E-state index contributed by atoms with van der Waals surface area (Å²) in [5.74, 6) is -9.78. The number of alkyl carbamates (subject to hydrolysis) is 1. The van der Waals surface area contributed by atoms with Crippen molar-refractivity contribution >= 4 is 41.4 Å². The van der Waals surface area contributed by atoms with E-state index in [1.165, 1.54) is 23.9 Å². The molecule has 6 atom stereocenters. The van der Waals surface area contributed by atoms with Gasteiger partial charge in [-0.05, 0) is 62.3 Å². The molecule has 1 heterocycles. The molecule has 16 heteroatoms. The summed E-state index contributed by atoms with van der Waals surface area (Å²) in [4.78, 5) is 97.7. The fraction of sp³-hybridized carbons (Fsp3) is 0.690. The van der Waals surface area contributed by atoms with Gasteiger partial charge in [-0.15, -0.1) is 0 Å². The summed E-state index contributed by atoms with van der Waals surface area (Å²) in [6.45, 7) is 6.45. The lowest BCUT2D eigenvalue weighted by Gasteiger charge is -2.35. The van der Waals surface area contributed by atoms with Crippen LogP contribution in [0.3, 0.4) is 0 Å². The first-order valence-electron chi connectivity index (χ1n) is 20.8. The van der Waals surface area contributed by atoms with E-state index < -0.39 is 109 Å². The van der Waals surface area contributed by atoms with Crippen LogP contribution in [0.5, 0.6) is 0 Å². The third-order valence-corrected chi connectivity index (χ3v) is 11.5. The highest BCUT2D eigenvalue weighted by Crippen LogP contribution is 2.50. The largest absolute Gasteiger partial charge is 0.447 e. The van der Waals surface area contributed by atoms with Crippen molar-refractivity contribution < 1.29 is 47.1 Å². The Morgan fingerprint density at radius 3 is 2.14 bits per heavy atom. The van der Waals surface area contributed by atoms with Crippen molar-refractivity contribution in [2.75, 3.05) is 27.2 Å². The monoisotopic (exact) mass is 816 g/mol. The van der Waals surface area contributed by atoms with E-state index in [0.29, 0.717) is 31.2 Å². The van der Waals surface area contributed by atoms with Crippen molar-refractivity contribution in [1.29, 1.82) is 0 Å². The van der Waals surface area contributed by atoms with Gasteiger partial charge in [0.1, 0.15) is 18.1 Å². The smallest absolute Gasteiger partial charge is 0.408 e. The summed E-state index contributed by atoms with van der Waals surface area (Å²) in [6, 6.07) is 3.62. The number of carbonyl (C=O) groups is 7. The average molecular weight is 817 g/mol. The van der Waals surface area contributed by atoms with Gasteiger partial charge in [-0.25, -0.2) is 13.6 Å². The number of nitrogens with zero attached hydrogens (tertiary/aromatic N) is 2. The summed E-state index contributed by atoms with van der Waals surface area (Å²) < 4.78 is 35.2. The number of alkyl halides is 2. The number of halogens is 2. The Kier molecular flexibility index (Phi) is 16.6. The molecule has 1 aliphatic heterocycles. The van der Waals surface area contributed by atoms with Crippen molar-refractivity contribution in [3.8, 4) is 0 Å². The zero-order valence-corrected chi connectivity index (χ0v) is 34.7. The number of likely N-dealkylation sites (tertiary alicyclic amines) is 1. The number of carbonyl (C=O) groups excluding carboxylic acids is 7. The van der Waals surface area contributed by atoms with Crippen LogP contribution in [-0.4, -0.2) is 109 Å². The number of amides is 6. The van der Waals surface area contributed by atoms with E-state index in [1.54, 1.807) is 44.2 Å². The van der Waals surface area contributed by atoms with E-state index in [0.717, 1.165) is 25.7 Å². The quantitative estimate of drug-likeness (QED) is 0.149. The molecular formula is C42H62F2N6O8. The Bertz CT molecular complexity index is 1620. The minimum absolute atomic E-state index is 0.0108. The van der Waals surface area contributed by atoms with Crippen LogP contribution >= 0.6 is 0 Å². The first kappa shape index (κ1) is 46.1. The van der Waals surface area contributed by atoms with E-state index in [4.69, 9.17) is 4.74 Å². The van der Waals surface area contributed by atoms with Crippen LogP contribution in [0.4, 0.5) is 13.6 Å². The molecule has 1 aromatic rings. The maximum absolute atomic E-state index is 14.9. The van der Waals surface area contributed by atoms with Gasteiger partial charge in [-0.3, -0.25) is 28.8 Å². The summed E-state index contributed by atoms with van der Waals surface area (Å²) in [5, 5.41) is 10.3. The molecule has 1 saturated heterocycles. The minimum atomic E-state index is -3.06. The van der Waals surface area contributed by atoms with E-state index in [9.17, 15) is 42.3 Å².